The van der Waals surface area contributed by atoms with Crippen molar-refractivity contribution in [1.82, 2.24) is 9.97 Å². The van der Waals surface area contributed by atoms with Crippen LogP contribution in [0.2, 0.25) is 0 Å². The minimum absolute atomic E-state index is 0.00657. The molecule has 0 spiro atoms. The Morgan fingerprint density at radius 3 is 2.06 bits per heavy atom. The van der Waals surface area contributed by atoms with Crippen LogP contribution < -0.4 is 15.4 Å². The summed E-state index contributed by atoms with van der Waals surface area (Å²) in [7, 11) is 3.31. The molecule has 1 aromatic carbocycles. The average Bonchev–Trinajstić information content (AvgIpc) is 2.74. The van der Waals surface area contributed by atoms with E-state index in [9.17, 15) is 0 Å². The maximum Gasteiger partial charge on any atom is 0.249 e. The molecule has 2 unspecified atom stereocenters. The number of aromatic nitrogens is 2. The molecular formula is C23H36N6O3. The van der Waals surface area contributed by atoms with Gasteiger partial charge in [-0.1, -0.05) is 26.0 Å². The maximum atomic E-state index is 5.79. The number of ether oxygens (including phenoxy) is 3. The van der Waals surface area contributed by atoms with Gasteiger partial charge in [0.25, 0.3) is 0 Å². The lowest BCUT2D eigenvalue weighted by atomic mass is 10.0. The second-order valence-electron chi connectivity index (χ2n) is 7.93. The van der Waals surface area contributed by atoms with Gasteiger partial charge in [0.2, 0.25) is 11.8 Å². The first kappa shape index (κ1) is 25.5. The first-order chi connectivity index (χ1) is 15.4. The molecule has 0 amide bonds. The van der Waals surface area contributed by atoms with E-state index in [2.05, 4.69) is 56.8 Å². The van der Waals surface area contributed by atoms with Gasteiger partial charge in [-0.25, -0.2) is 0 Å². The van der Waals surface area contributed by atoms with Gasteiger partial charge in [0.05, 0.1) is 25.5 Å². The fourth-order valence-electron chi connectivity index (χ4n) is 3.00. The van der Waals surface area contributed by atoms with Gasteiger partial charge in [-0.2, -0.15) is 15.1 Å². The molecule has 0 aliphatic heterocycles. The Labute approximate surface area is 191 Å². The predicted octanol–water partition coefficient (Wildman–Crippen LogP) is 5.31. The Hall–Kier alpha value is -2.78. The Morgan fingerprint density at radius 1 is 0.875 bits per heavy atom. The van der Waals surface area contributed by atoms with Crippen LogP contribution in [-0.4, -0.2) is 56.1 Å². The Kier molecular flexibility index (Phi) is 10.3. The largest absolute Gasteiger partial charge is 0.476 e. The molecule has 9 nitrogen and oxygen atoms in total. The molecule has 0 radical (unpaired) electrons. The molecule has 32 heavy (non-hydrogen) atoms. The summed E-state index contributed by atoms with van der Waals surface area (Å²) < 4.78 is 16.2. The van der Waals surface area contributed by atoms with Gasteiger partial charge in [-0.15, -0.1) is 5.11 Å². The van der Waals surface area contributed by atoms with Gasteiger partial charge in [-0.3, -0.25) is 0 Å². The standard InChI is InChI=1S/C23H36N6O3/c1-8-32-22-20(29-28-19-11-9-18(10-12-19)15(2)3)21(24-16(4)13-30-6)26-23(27-22)25-17(5)14-31-7/h9-12,15-17H,8,13-14H2,1-7H3,(H2,24,25,26,27). The third-order valence-electron chi connectivity index (χ3n) is 4.55. The molecule has 2 atom stereocenters. The van der Waals surface area contributed by atoms with Crippen molar-refractivity contribution in [3.63, 3.8) is 0 Å². The Bertz CT molecular complexity index is 858. The number of nitrogens with one attached hydrogen (secondary N) is 2. The smallest absolute Gasteiger partial charge is 0.249 e. The lowest BCUT2D eigenvalue weighted by molar-refractivity contribution is 0.190. The van der Waals surface area contributed by atoms with Crippen LogP contribution in [0.15, 0.2) is 34.5 Å². The number of anilines is 2. The molecule has 0 aliphatic carbocycles. The first-order valence-electron chi connectivity index (χ1n) is 10.9. The van der Waals surface area contributed by atoms with E-state index in [4.69, 9.17) is 14.2 Å². The SMILES string of the molecule is CCOc1nc(NC(C)COC)nc(NC(C)COC)c1N=Nc1ccc(C(C)C)cc1. The highest BCUT2D eigenvalue weighted by Crippen LogP contribution is 2.36. The Morgan fingerprint density at radius 2 is 1.50 bits per heavy atom. The normalized spacial score (nSPS) is 13.4. The molecule has 0 aliphatic rings. The van der Waals surface area contributed by atoms with Gasteiger partial charge in [0.1, 0.15) is 0 Å². The third-order valence-corrected chi connectivity index (χ3v) is 4.55. The van der Waals surface area contributed by atoms with Crippen LogP contribution in [0.3, 0.4) is 0 Å². The predicted molar refractivity (Wildman–Crippen MR) is 128 cm³/mol. The highest BCUT2D eigenvalue weighted by Gasteiger charge is 2.19. The molecule has 176 valence electrons. The molecule has 1 heterocycles. The molecule has 0 saturated carbocycles. The Balaban J connectivity index is 2.43. The summed E-state index contributed by atoms with van der Waals surface area (Å²) in [6, 6.07) is 8.02. The van der Waals surface area contributed by atoms with Crippen molar-refractivity contribution < 1.29 is 14.2 Å². The van der Waals surface area contributed by atoms with Crippen molar-refractivity contribution in [3.05, 3.63) is 29.8 Å². The van der Waals surface area contributed by atoms with Crippen molar-refractivity contribution in [3.8, 4) is 5.88 Å². The second kappa shape index (κ2) is 12.9. The zero-order chi connectivity index (χ0) is 23.5. The van der Waals surface area contributed by atoms with E-state index in [0.717, 1.165) is 5.69 Å². The summed E-state index contributed by atoms with van der Waals surface area (Å²) in [6.07, 6.45) is 0. The molecule has 0 fully saturated rings. The number of methoxy groups -OCH3 is 2. The highest BCUT2D eigenvalue weighted by molar-refractivity contribution is 5.68. The van der Waals surface area contributed by atoms with Gasteiger partial charge < -0.3 is 24.8 Å². The fourth-order valence-corrected chi connectivity index (χ4v) is 3.00. The topological polar surface area (TPSA) is 102 Å². The summed E-state index contributed by atoms with van der Waals surface area (Å²) in [5.41, 5.74) is 2.43. The van der Waals surface area contributed by atoms with E-state index in [1.54, 1.807) is 14.2 Å². The first-order valence-corrected chi connectivity index (χ1v) is 10.9. The van der Waals surface area contributed by atoms with E-state index < -0.39 is 0 Å². The van der Waals surface area contributed by atoms with Crippen molar-refractivity contribution in [2.45, 2.75) is 52.6 Å². The monoisotopic (exact) mass is 444 g/mol. The number of benzene rings is 1. The maximum absolute atomic E-state index is 5.79. The van der Waals surface area contributed by atoms with Gasteiger partial charge in [0, 0.05) is 26.3 Å². The number of hydrogen-bond donors (Lipinski definition) is 2. The third kappa shape index (κ3) is 7.72. The summed E-state index contributed by atoms with van der Waals surface area (Å²) in [6.45, 7) is 11.7. The van der Waals surface area contributed by atoms with E-state index in [-0.39, 0.29) is 12.1 Å². The lowest BCUT2D eigenvalue weighted by Gasteiger charge is -2.19. The lowest BCUT2D eigenvalue weighted by Crippen LogP contribution is -2.24. The van der Waals surface area contributed by atoms with E-state index in [1.165, 1.54) is 5.56 Å². The van der Waals surface area contributed by atoms with Crippen molar-refractivity contribution >= 4 is 23.1 Å². The molecule has 1 aromatic heterocycles. The average molecular weight is 445 g/mol. The minimum atomic E-state index is -0.00657. The number of azo groups is 1. The summed E-state index contributed by atoms with van der Waals surface area (Å²) in [4.78, 5) is 9.15. The van der Waals surface area contributed by atoms with Crippen LogP contribution in [0.5, 0.6) is 5.88 Å². The second-order valence-corrected chi connectivity index (χ2v) is 7.93. The van der Waals surface area contributed by atoms with Gasteiger partial charge >= 0.3 is 0 Å². The number of nitrogens with zero attached hydrogens (tertiary/aromatic N) is 4. The minimum Gasteiger partial charge on any atom is -0.476 e. The quantitative estimate of drug-likeness (QED) is 0.404. The van der Waals surface area contributed by atoms with Gasteiger partial charge in [0.15, 0.2) is 11.5 Å². The van der Waals surface area contributed by atoms with E-state index in [1.807, 2.05) is 32.9 Å². The summed E-state index contributed by atoms with van der Waals surface area (Å²) in [5.74, 6) is 1.75. The molecule has 2 rings (SSSR count). The van der Waals surface area contributed by atoms with Crippen LogP contribution in [0.4, 0.5) is 23.1 Å². The molecule has 9 heteroatoms. The van der Waals surface area contributed by atoms with E-state index in [0.29, 0.717) is 49.1 Å². The molecule has 0 saturated heterocycles. The highest BCUT2D eigenvalue weighted by atomic mass is 16.5. The number of rotatable bonds is 13. The van der Waals surface area contributed by atoms with Gasteiger partial charge in [-0.05, 0) is 44.4 Å². The van der Waals surface area contributed by atoms with Crippen molar-refractivity contribution in [2.24, 2.45) is 10.2 Å². The zero-order valence-electron chi connectivity index (χ0n) is 20.2. The van der Waals surface area contributed by atoms with Crippen molar-refractivity contribution in [1.29, 1.82) is 0 Å². The van der Waals surface area contributed by atoms with Crippen LogP contribution in [0, 0.1) is 0 Å². The van der Waals surface area contributed by atoms with Crippen LogP contribution in [0.25, 0.3) is 0 Å². The number of hydrogen-bond acceptors (Lipinski definition) is 9. The van der Waals surface area contributed by atoms with Crippen LogP contribution in [-0.2, 0) is 9.47 Å². The summed E-state index contributed by atoms with van der Waals surface area (Å²) >= 11 is 0. The van der Waals surface area contributed by atoms with Crippen molar-refractivity contribution in [2.75, 3.05) is 44.7 Å². The fraction of sp³-hybridized carbons (Fsp3) is 0.565. The van der Waals surface area contributed by atoms with E-state index >= 15 is 0 Å². The molecule has 2 aromatic rings. The molecule has 2 N–H and O–H groups in total. The molecule has 0 bridgehead atoms. The zero-order valence-corrected chi connectivity index (χ0v) is 20.2. The van der Waals surface area contributed by atoms with Crippen LogP contribution in [0.1, 0.15) is 46.1 Å². The van der Waals surface area contributed by atoms with Crippen LogP contribution >= 0.6 is 0 Å². The molecular weight excluding hydrogens is 408 g/mol. The summed E-state index contributed by atoms with van der Waals surface area (Å²) in [5, 5.41) is 15.4.